The molecule has 0 radical (unpaired) electrons. The first kappa shape index (κ1) is 29.5. The van der Waals surface area contributed by atoms with Crippen LogP contribution in [0.4, 0.5) is 10.2 Å². The van der Waals surface area contributed by atoms with Crippen LogP contribution in [0.15, 0.2) is 52.9 Å². The molecule has 1 fully saturated rings. The monoisotopic (exact) mass is 643 g/mol. The van der Waals surface area contributed by atoms with Crippen LogP contribution in [-0.2, 0) is 4.79 Å². The Labute approximate surface area is 268 Å². The van der Waals surface area contributed by atoms with E-state index in [-0.39, 0.29) is 28.5 Å². The minimum Gasteiger partial charge on any atom is -0.348 e. The van der Waals surface area contributed by atoms with Crippen LogP contribution in [0.25, 0.3) is 38.6 Å². The highest BCUT2D eigenvalue weighted by Gasteiger charge is 2.38. The zero-order valence-electron chi connectivity index (χ0n) is 25.3. The van der Waals surface area contributed by atoms with Gasteiger partial charge in [0.2, 0.25) is 5.91 Å². The number of aryl methyl sites for hydroxylation is 2. The standard InChI is InChI=1S/C33H31ClFN7O2S/c1-6-22(43)40-11-12-41-19(14-40)15-45-31-25-30(26(34)24(27(31)35)23-17(4)7-8-21-20(23)13-37-39-21)42(33(44)38-32(25)41)29-18(5)9-10-36-28(29)16(2)3/h6-10,13,16,19H,1,11-12,14-15H2,2-5H3,(H,37,39). The molecule has 1 N–H and O–H groups in total. The number of carbonyl (C=O) groups is 1. The molecule has 3 aromatic heterocycles. The van der Waals surface area contributed by atoms with Gasteiger partial charge < -0.3 is 9.80 Å². The van der Waals surface area contributed by atoms with E-state index in [0.29, 0.717) is 63.9 Å². The van der Waals surface area contributed by atoms with E-state index in [1.165, 1.54) is 22.4 Å². The maximum atomic E-state index is 17.3. The number of nitrogens with one attached hydrogen (secondary N) is 1. The van der Waals surface area contributed by atoms with Crippen molar-refractivity contribution in [3.05, 3.63) is 81.4 Å². The summed E-state index contributed by atoms with van der Waals surface area (Å²) in [7, 11) is 0. The van der Waals surface area contributed by atoms with E-state index in [4.69, 9.17) is 11.6 Å². The van der Waals surface area contributed by atoms with Crippen molar-refractivity contribution in [2.75, 3.05) is 30.3 Å². The predicted octanol–water partition coefficient (Wildman–Crippen LogP) is 6.17. The first-order valence-electron chi connectivity index (χ1n) is 14.8. The van der Waals surface area contributed by atoms with Gasteiger partial charge >= 0.3 is 5.69 Å². The quantitative estimate of drug-likeness (QED) is 0.234. The van der Waals surface area contributed by atoms with Crippen LogP contribution in [0.1, 0.15) is 36.6 Å². The molecule has 12 heteroatoms. The van der Waals surface area contributed by atoms with E-state index in [9.17, 15) is 9.59 Å². The molecule has 0 aliphatic carbocycles. The summed E-state index contributed by atoms with van der Waals surface area (Å²) in [6.07, 6.45) is 4.70. The maximum Gasteiger partial charge on any atom is 0.354 e. The van der Waals surface area contributed by atoms with Gasteiger partial charge in [0, 0.05) is 48.1 Å². The van der Waals surface area contributed by atoms with E-state index in [0.717, 1.165) is 22.0 Å². The number of aromatic amines is 1. The zero-order valence-corrected chi connectivity index (χ0v) is 26.9. The highest BCUT2D eigenvalue weighted by molar-refractivity contribution is 7.99. The van der Waals surface area contributed by atoms with Crippen molar-refractivity contribution >= 4 is 56.9 Å². The number of thioether (sulfide) groups is 1. The molecule has 1 amide bonds. The fourth-order valence-corrected chi connectivity index (χ4v) is 8.23. The van der Waals surface area contributed by atoms with Crippen LogP contribution in [0.3, 0.4) is 0 Å². The van der Waals surface area contributed by atoms with E-state index in [1.807, 2.05) is 50.8 Å². The van der Waals surface area contributed by atoms with Gasteiger partial charge in [-0.25, -0.2) is 9.18 Å². The van der Waals surface area contributed by atoms with E-state index < -0.39 is 11.5 Å². The number of piperazine rings is 1. The molecular formula is C33H31ClFN7O2S. The first-order valence-corrected chi connectivity index (χ1v) is 16.2. The third-order valence-corrected chi connectivity index (χ3v) is 10.4. The van der Waals surface area contributed by atoms with Crippen molar-refractivity contribution in [2.24, 2.45) is 0 Å². The molecule has 0 bridgehead atoms. The number of hydrogen-bond donors (Lipinski definition) is 1. The minimum absolute atomic E-state index is 0.0217. The van der Waals surface area contributed by atoms with Crippen molar-refractivity contribution in [1.82, 2.24) is 29.6 Å². The van der Waals surface area contributed by atoms with Gasteiger partial charge in [-0.3, -0.25) is 19.4 Å². The molecule has 1 saturated heterocycles. The zero-order chi connectivity index (χ0) is 31.7. The smallest absolute Gasteiger partial charge is 0.348 e. The van der Waals surface area contributed by atoms with Gasteiger partial charge in [-0.2, -0.15) is 10.1 Å². The molecule has 0 spiro atoms. The maximum absolute atomic E-state index is 17.3. The van der Waals surface area contributed by atoms with Gasteiger partial charge in [-0.15, -0.1) is 11.8 Å². The second kappa shape index (κ2) is 11.0. The summed E-state index contributed by atoms with van der Waals surface area (Å²) in [5, 5.41) is 8.51. The summed E-state index contributed by atoms with van der Waals surface area (Å²) >= 11 is 8.76. The number of carbonyl (C=O) groups excluding carboxylic acids is 1. The summed E-state index contributed by atoms with van der Waals surface area (Å²) in [5.74, 6) is 0.180. The van der Waals surface area contributed by atoms with Gasteiger partial charge in [0.25, 0.3) is 0 Å². The largest absolute Gasteiger partial charge is 0.354 e. The number of aromatic nitrogens is 5. The van der Waals surface area contributed by atoms with Crippen molar-refractivity contribution < 1.29 is 9.18 Å². The topological polar surface area (TPSA) is 100 Å². The fraction of sp³-hybridized carbons (Fsp3) is 0.303. The average Bonchev–Trinajstić information content (AvgIpc) is 3.44. The lowest BCUT2D eigenvalue weighted by Crippen LogP contribution is -2.56. The number of amides is 1. The van der Waals surface area contributed by atoms with Gasteiger partial charge in [0.1, 0.15) is 11.6 Å². The molecule has 230 valence electrons. The Morgan fingerprint density at radius 1 is 1.20 bits per heavy atom. The van der Waals surface area contributed by atoms with Crippen molar-refractivity contribution in [2.45, 2.75) is 44.6 Å². The molecule has 45 heavy (non-hydrogen) atoms. The molecule has 7 rings (SSSR count). The first-order chi connectivity index (χ1) is 21.6. The summed E-state index contributed by atoms with van der Waals surface area (Å²) in [4.78, 5) is 40.3. The molecule has 9 nitrogen and oxygen atoms in total. The molecule has 2 aliphatic heterocycles. The molecular weight excluding hydrogens is 613 g/mol. The second-order valence-corrected chi connectivity index (χ2v) is 13.3. The lowest BCUT2D eigenvalue weighted by Gasteiger charge is -2.41. The number of rotatable bonds is 4. The van der Waals surface area contributed by atoms with Crippen molar-refractivity contribution in [1.29, 1.82) is 0 Å². The van der Waals surface area contributed by atoms with Gasteiger partial charge in [-0.1, -0.05) is 38.1 Å². The van der Waals surface area contributed by atoms with Crippen LogP contribution < -0.4 is 10.6 Å². The third kappa shape index (κ3) is 4.46. The Kier molecular flexibility index (Phi) is 7.20. The fourth-order valence-electron chi connectivity index (χ4n) is 6.66. The van der Waals surface area contributed by atoms with Gasteiger partial charge in [-0.05, 0) is 49.1 Å². The normalized spacial score (nSPS) is 16.4. The number of anilines is 1. The van der Waals surface area contributed by atoms with E-state index >= 15 is 4.39 Å². The molecule has 2 aromatic carbocycles. The molecule has 0 saturated carbocycles. The Bertz CT molecular complexity index is 2120. The van der Waals surface area contributed by atoms with Crippen LogP contribution in [-0.4, -0.2) is 67.0 Å². The summed E-state index contributed by atoms with van der Waals surface area (Å²) in [5.41, 5.74) is 4.34. The SMILES string of the molecule is C=CC(=O)N1CCN2c3nc(=O)n(-c4c(C)ccnc4C(C)C)c4c(Cl)c(-c5c(C)ccc6[nH]ncc56)c(F)c(c34)SCC2C1. The number of hydrogen-bond acceptors (Lipinski definition) is 7. The summed E-state index contributed by atoms with van der Waals surface area (Å²) in [6.45, 7) is 12.7. The molecule has 5 aromatic rings. The number of nitrogens with zero attached hydrogens (tertiary/aromatic N) is 6. The van der Waals surface area contributed by atoms with Gasteiger partial charge in [0.15, 0.2) is 0 Å². The molecule has 2 aliphatic rings. The number of halogens is 2. The van der Waals surface area contributed by atoms with E-state index in [2.05, 4.69) is 26.7 Å². The van der Waals surface area contributed by atoms with Crippen molar-refractivity contribution in [3.8, 4) is 16.8 Å². The van der Waals surface area contributed by atoms with Gasteiger partial charge in [0.05, 0.1) is 50.0 Å². The highest BCUT2D eigenvalue weighted by atomic mass is 35.5. The van der Waals surface area contributed by atoms with Crippen LogP contribution in [0.2, 0.25) is 5.02 Å². The lowest BCUT2D eigenvalue weighted by molar-refractivity contribution is -0.126. The average molecular weight is 644 g/mol. The summed E-state index contributed by atoms with van der Waals surface area (Å²) in [6, 6.07) is 5.44. The molecule has 5 heterocycles. The Morgan fingerprint density at radius 2 is 2.00 bits per heavy atom. The predicted molar refractivity (Wildman–Crippen MR) is 177 cm³/mol. The van der Waals surface area contributed by atoms with Crippen molar-refractivity contribution in [3.63, 3.8) is 0 Å². The number of benzene rings is 2. The Morgan fingerprint density at radius 3 is 2.76 bits per heavy atom. The molecule has 1 unspecified atom stereocenters. The van der Waals surface area contributed by atoms with Crippen LogP contribution in [0.5, 0.6) is 0 Å². The Balaban J connectivity index is 1.62. The number of pyridine rings is 1. The Hall–Kier alpha value is -4.22. The second-order valence-electron chi connectivity index (χ2n) is 11.9. The summed E-state index contributed by atoms with van der Waals surface area (Å²) < 4.78 is 18.8. The van der Waals surface area contributed by atoms with E-state index in [1.54, 1.807) is 17.3 Å². The highest BCUT2D eigenvalue weighted by Crippen LogP contribution is 2.50. The minimum atomic E-state index is -0.533. The lowest BCUT2D eigenvalue weighted by atomic mass is 9.94. The third-order valence-electron chi connectivity index (χ3n) is 8.82. The van der Waals surface area contributed by atoms with Crippen LogP contribution in [0, 0.1) is 19.7 Å². The molecule has 1 atom stereocenters. The number of fused-ring (bicyclic) bond motifs is 3. The number of H-pyrrole nitrogens is 1. The van der Waals surface area contributed by atoms with Crippen LogP contribution >= 0.6 is 23.4 Å².